The lowest BCUT2D eigenvalue weighted by Crippen LogP contribution is -2.32. The average molecular weight is 426 g/mol. The molecule has 0 aliphatic carbocycles. The second-order valence-electron chi connectivity index (χ2n) is 6.94. The molecule has 1 aromatic heterocycles. The standard InChI is InChI=1S/C20H24ClN3O3.ClH/c1-13(14-6-8-22-9-7-14)11-19(25)23-16-5-4-15(21)12-17(16)24-20(26)18-3-2-10-27-18;/h2-5,10,12-14,22H,6-9,11H2,1H3,(H,23,25)(H,24,26);1H. The highest BCUT2D eigenvalue weighted by molar-refractivity contribution is 6.31. The third-order valence-electron chi connectivity index (χ3n) is 4.94. The number of benzene rings is 1. The summed E-state index contributed by atoms with van der Waals surface area (Å²) in [4.78, 5) is 24.8. The number of amides is 2. The van der Waals surface area contributed by atoms with Crippen LogP contribution in [0.5, 0.6) is 0 Å². The largest absolute Gasteiger partial charge is 0.459 e. The molecule has 1 aliphatic heterocycles. The van der Waals surface area contributed by atoms with Gasteiger partial charge >= 0.3 is 0 Å². The highest BCUT2D eigenvalue weighted by Crippen LogP contribution is 2.28. The molecule has 2 aromatic rings. The molecule has 0 spiro atoms. The van der Waals surface area contributed by atoms with E-state index >= 15 is 0 Å². The molecule has 1 atom stereocenters. The Hall–Kier alpha value is -2.02. The van der Waals surface area contributed by atoms with Crippen molar-refractivity contribution in [2.45, 2.75) is 26.2 Å². The lowest BCUT2D eigenvalue weighted by Gasteiger charge is -2.28. The van der Waals surface area contributed by atoms with E-state index in [0.29, 0.717) is 34.7 Å². The SMILES string of the molecule is CC(CC(=O)Nc1ccc(Cl)cc1NC(=O)c1ccco1)C1CCNCC1.Cl. The molecule has 1 aromatic carbocycles. The highest BCUT2D eigenvalue weighted by atomic mass is 35.5. The summed E-state index contributed by atoms with van der Waals surface area (Å²) in [5, 5.41) is 9.44. The van der Waals surface area contributed by atoms with Crippen molar-refractivity contribution < 1.29 is 14.0 Å². The Bertz CT molecular complexity index is 790. The number of anilines is 2. The first-order chi connectivity index (χ1) is 13.0. The zero-order chi connectivity index (χ0) is 19.2. The number of furan rings is 1. The van der Waals surface area contributed by atoms with Gasteiger partial charge in [-0.05, 0) is 68.1 Å². The van der Waals surface area contributed by atoms with Gasteiger partial charge in [0.1, 0.15) is 0 Å². The second-order valence-corrected chi connectivity index (χ2v) is 7.37. The van der Waals surface area contributed by atoms with Gasteiger partial charge in [-0.1, -0.05) is 18.5 Å². The number of piperidine rings is 1. The molecule has 1 saturated heterocycles. The third kappa shape index (κ3) is 5.99. The van der Waals surface area contributed by atoms with Crippen LogP contribution in [0.1, 0.15) is 36.7 Å². The molecule has 2 amide bonds. The van der Waals surface area contributed by atoms with E-state index in [1.807, 2.05) is 0 Å². The van der Waals surface area contributed by atoms with Crippen LogP contribution in [0.4, 0.5) is 11.4 Å². The number of hydrogen-bond donors (Lipinski definition) is 3. The van der Waals surface area contributed by atoms with Gasteiger partial charge in [-0.15, -0.1) is 12.4 Å². The number of carbonyl (C=O) groups excluding carboxylic acids is 2. The average Bonchev–Trinajstić information content (AvgIpc) is 3.19. The summed E-state index contributed by atoms with van der Waals surface area (Å²) in [7, 11) is 0. The lowest BCUT2D eigenvalue weighted by atomic mass is 9.84. The van der Waals surface area contributed by atoms with Gasteiger partial charge in [0.25, 0.3) is 5.91 Å². The number of halogens is 2. The molecule has 1 unspecified atom stereocenters. The Labute approximate surface area is 175 Å². The van der Waals surface area contributed by atoms with E-state index in [0.717, 1.165) is 25.9 Å². The van der Waals surface area contributed by atoms with Crippen molar-refractivity contribution in [3.8, 4) is 0 Å². The summed E-state index contributed by atoms with van der Waals surface area (Å²) >= 11 is 6.05. The molecule has 2 heterocycles. The maximum Gasteiger partial charge on any atom is 0.291 e. The van der Waals surface area contributed by atoms with E-state index in [-0.39, 0.29) is 24.1 Å². The molecule has 0 bridgehead atoms. The fourth-order valence-corrected chi connectivity index (χ4v) is 3.57. The number of rotatable bonds is 6. The third-order valence-corrected chi connectivity index (χ3v) is 5.18. The first-order valence-corrected chi connectivity index (χ1v) is 9.55. The van der Waals surface area contributed by atoms with E-state index < -0.39 is 5.91 Å². The summed E-state index contributed by atoms with van der Waals surface area (Å²) in [6.07, 6.45) is 4.07. The van der Waals surface area contributed by atoms with Crippen LogP contribution in [0.15, 0.2) is 41.0 Å². The summed E-state index contributed by atoms with van der Waals surface area (Å²) in [6, 6.07) is 8.17. The van der Waals surface area contributed by atoms with Crippen LogP contribution in [0.3, 0.4) is 0 Å². The Morgan fingerprint density at radius 3 is 2.64 bits per heavy atom. The summed E-state index contributed by atoms with van der Waals surface area (Å²) in [6.45, 7) is 4.14. The Morgan fingerprint density at radius 2 is 1.96 bits per heavy atom. The molecule has 6 nitrogen and oxygen atoms in total. The van der Waals surface area contributed by atoms with Crippen molar-refractivity contribution in [1.82, 2.24) is 5.32 Å². The van der Waals surface area contributed by atoms with Gasteiger partial charge in [0.15, 0.2) is 5.76 Å². The first-order valence-electron chi connectivity index (χ1n) is 9.18. The topological polar surface area (TPSA) is 83.4 Å². The molecular formula is C20H25Cl2N3O3. The number of hydrogen-bond acceptors (Lipinski definition) is 4. The van der Waals surface area contributed by atoms with Crippen LogP contribution in [-0.4, -0.2) is 24.9 Å². The van der Waals surface area contributed by atoms with Gasteiger partial charge in [-0.2, -0.15) is 0 Å². The molecular weight excluding hydrogens is 401 g/mol. The summed E-state index contributed by atoms with van der Waals surface area (Å²) < 4.78 is 5.10. The maximum absolute atomic E-state index is 12.5. The molecule has 28 heavy (non-hydrogen) atoms. The van der Waals surface area contributed by atoms with Gasteiger partial charge < -0.3 is 20.4 Å². The van der Waals surface area contributed by atoms with E-state index in [4.69, 9.17) is 16.0 Å². The molecule has 1 fully saturated rings. The first kappa shape index (κ1) is 22.3. The minimum absolute atomic E-state index is 0. The van der Waals surface area contributed by atoms with Gasteiger partial charge in [0.05, 0.1) is 17.6 Å². The second kappa shape index (κ2) is 10.5. The van der Waals surface area contributed by atoms with Crippen LogP contribution in [0, 0.1) is 11.8 Å². The fourth-order valence-electron chi connectivity index (χ4n) is 3.39. The van der Waals surface area contributed by atoms with Gasteiger partial charge in [0.2, 0.25) is 5.91 Å². The maximum atomic E-state index is 12.5. The van der Waals surface area contributed by atoms with E-state index in [1.165, 1.54) is 6.26 Å². The van der Waals surface area contributed by atoms with Crippen LogP contribution in [0.2, 0.25) is 5.02 Å². The van der Waals surface area contributed by atoms with E-state index in [1.54, 1.807) is 30.3 Å². The molecule has 8 heteroatoms. The smallest absolute Gasteiger partial charge is 0.291 e. The summed E-state index contributed by atoms with van der Waals surface area (Å²) in [5.41, 5.74) is 0.952. The lowest BCUT2D eigenvalue weighted by molar-refractivity contribution is -0.117. The molecule has 3 rings (SSSR count). The Morgan fingerprint density at radius 1 is 1.21 bits per heavy atom. The normalized spacial score (nSPS) is 15.4. The molecule has 0 radical (unpaired) electrons. The minimum Gasteiger partial charge on any atom is -0.459 e. The van der Waals surface area contributed by atoms with Gasteiger partial charge in [-0.25, -0.2) is 0 Å². The van der Waals surface area contributed by atoms with Gasteiger partial charge in [-0.3, -0.25) is 9.59 Å². The van der Waals surface area contributed by atoms with E-state index in [2.05, 4.69) is 22.9 Å². The zero-order valence-electron chi connectivity index (χ0n) is 15.7. The Balaban J connectivity index is 0.00000280. The monoisotopic (exact) mass is 425 g/mol. The summed E-state index contributed by atoms with van der Waals surface area (Å²) in [5.74, 6) is 0.574. The van der Waals surface area contributed by atoms with Crippen molar-refractivity contribution in [1.29, 1.82) is 0 Å². The van der Waals surface area contributed by atoms with E-state index in [9.17, 15) is 9.59 Å². The Kier molecular flexibility index (Phi) is 8.35. The highest BCUT2D eigenvalue weighted by Gasteiger charge is 2.22. The van der Waals surface area contributed by atoms with Crippen LogP contribution < -0.4 is 16.0 Å². The van der Waals surface area contributed by atoms with Crippen molar-refractivity contribution in [2.75, 3.05) is 23.7 Å². The minimum atomic E-state index is -0.402. The molecule has 3 N–H and O–H groups in total. The zero-order valence-corrected chi connectivity index (χ0v) is 17.2. The number of carbonyl (C=O) groups is 2. The molecule has 152 valence electrons. The van der Waals surface area contributed by atoms with Crippen molar-refractivity contribution in [3.63, 3.8) is 0 Å². The molecule has 1 aliphatic rings. The van der Waals surface area contributed by atoms with Gasteiger partial charge in [0, 0.05) is 11.4 Å². The predicted molar refractivity (Wildman–Crippen MR) is 113 cm³/mol. The quantitative estimate of drug-likeness (QED) is 0.632. The van der Waals surface area contributed by atoms with Crippen LogP contribution >= 0.6 is 24.0 Å². The van der Waals surface area contributed by atoms with Crippen molar-refractivity contribution in [2.24, 2.45) is 11.8 Å². The fraction of sp³-hybridized carbons (Fsp3) is 0.400. The molecule has 0 saturated carbocycles. The van der Waals surface area contributed by atoms with Crippen LogP contribution in [-0.2, 0) is 4.79 Å². The predicted octanol–water partition coefficient (Wildman–Crippen LogP) is 4.57. The van der Waals surface area contributed by atoms with Crippen molar-refractivity contribution >= 4 is 47.2 Å². The number of nitrogens with one attached hydrogen (secondary N) is 3. The van der Waals surface area contributed by atoms with Crippen molar-refractivity contribution in [3.05, 3.63) is 47.4 Å². The van der Waals surface area contributed by atoms with Crippen LogP contribution in [0.25, 0.3) is 0 Å².